The van der Waals surface area contributed by atoms with Crippen LogP contribution in [-0.2, 0) is 6.42 Å². The Hall–Kier alpha value is -0.120. The lowest BCUT2D eigenvalue weighted by Crippen LogP contribution is -1.90. The number of aryl methyl sites for hydroxylation is 1. The van der Waals surface area contributed by atoms with Crippen LogP contribution in [0.5, 0.6) is 0 Å². The zero-order valence-corrected chi connectivity index (χ0v) is 10.3. The molecule has 72 valence electrons. The fourth-order valence-electron chi connectivity index (χ4n) is 1.29. The van der Waals surface area contributed by atoms with Gasteiger partial charge in [0.1, 0.15) is 0 Å². The van der Waals surface area contributed by atoms with Gasteiger partial charge in [-0.25, -0.2) is 0 Å². The maximum atomic E-state index is 4.37. The van der Waals surface area contributed by atoms with Gasteiger partial charge in [-0.05, 0) is 47.6 Å². The van der Waals surface area contributed by atoms with Crippen molar-refractivity contribution in [2.24, 2.45) is 0 Å². The summed E-state index contributed by atoms with van der Waals surface area (Å²) in [5.41, 5.74) is 1.23. The molecule has 0 saturated heterocycles. The van der Waals surface area contributed by atoms with Crippen LogP contribution in [0.3, 0.4) is 0 Å². The molecule has 0 radical (unpaired) electrons. The molecule has 0 bridgehead atoms. The third-order valence-corrected chi connectivity index (χ3v) is 2.71. The first-order valence-electron chi connectivity index (χ1n) is 4.93. The maximum Gasteiger partial charge on any atom is 0.0404 e. The van der Waals surface area contributed by atoms with Gasteiger partial charge in [0.05, 0.1) is 0 Å². The normalized spacial score (nSPS) is 10.3. The van der Waals surface area contributed by atoms with Crippen molar-refractivity contribution in [3.63, 3.8) is 0 Å². The molecule has 1 aromatic rings. The van der Waals surface area contributed by atoms with E-state index < -0.39 is 0 Å². The molecular weight excluding hydrogens is 273 g/mol. The van der Waals surface area contributed by atoms with E-state index in [4.69, 9.17) is 0 Å². The molecule has 0 spiro atoms. The highest BCUT2D eigenvalue weighted by molar-refractivity contribution is 14.1. The van der Waals surface area contributed by atoms with Crippen LogP contribution in [0, 0.1) is 3.57 Å². The Balaban J connectivity index is 2.25. The topological polar surface area (TPSA) is 12.9 Å². The monoisotopic (exact) mass is 289 g/mol. The highest BCUT2D eigenvalue weighted by Gasteiger charge is 1.94. The molecule has 0 amide bonds. The lowest BCUT2D eigenvalue weighted by molar-refractivity contribution is 0.660. The van der Waals surface area contributed by atoms with Crippen LogP contribution in [0.15, 0.2) is 18.3 Å². The zero-order chi connectivity index (χ0) is 9.52. The Morgan fingerprint density at radius 2 is 2.08 bits per heavy atom. The Kier molecular flexibility index (Phi) is 5.35. The van der Waals surface area contributed by atoms with E-state index in [0.29, 0.717) is 0 Å². The highest BCUT2D eigenvalue weighted by atomic mass is 127. The minimum absolute atomic E-state index is 1.14. The van der Waals surface area contributed by atoms with Gasteiger partial charge in [0.15, 0.2) is 0 Å². The van der Waals surface area contributed by atoms with Gasteiger partial charge in [-0.1, -0.05) is 26.2 Å². The number of unbranched alkanes of at least 4 members (excludes halogenated alkanes) is 3. The van der Waals surface area contributed by atoms with E-state index >= 15 is 0 Å². The molecule has 13 heavy (non-hydrogen) atoms. The fourth-order valence-corrected chi connectivity index (χ4v) is 1.61. The van der Waals surface area contributed by atoms with Gasteiger partial charge in [-0.3, -0.25) is 4.98 Å². The van der Waals surface area contributed by atoms with Gasteiger partial charge in [0.25, 0.3) is 0 Å². The molecule has 0 fully saturated rings. The summed E-state index contributed by atoms with van der Waals surface area (Å²) in [6, 6.07) is 4.26. The molecule has 0 aromatic carbocycles. The molecule has 0 aliphatic carbocycles. The molecule has 1 aromatic heterocycles. The van der Waals surface area contributed by atoms with E-state index in [1.54, 1.807) is 0 Å². The summed E-state index contributed by atoms with van der Waals surface area (Å²) < 4.78 is 1.22. The summed E-state index contributed by atoms with van der Waals surface area (Å²) in [7, 11) is 0. The molecule has 1 heterocycles. The Morgan fingerprint density at radius 3 is 2.69 bits per heavy atom. The summed E-state index contributed by atoms with van der Waals surface area (Å²) in [5, 5.41) is 0. The molecule has 0 saturated carbocycles. The van der Waals surface area contributed by atoms with Crippen LogP contribution in [0.25, 0.3) is 0 Å². The van der Waals surface area contributed by atoms with Gasteiger partial charge in [0.2, 0.25) is 0 Å². The molecule has 0 atom stereocenters. The predicted octanol–water partition coefficient (Wildman–Crippen LogP) is 3.81. The lowest BCUT2D eigenvalue weighted by Gasteiger charge is -1.99. The van der Waals surface area contributed by atoms with E-state index in [2.05, 4.69) is 46.6 Å². The zero-order valence-electron chi connectivity index (χ0n) is 8.09. The average molecular weight is 289 g/mol. The van der Waals surface area contributed by atoms with E-state index in [0.717, 1.165) is 6.42 Å². The number of pyridine rings is 1. The first-order chi connectivity index (χ1) is 6.33. The second-order valence-electron chi connectivity index (χ2n) is 3.28. The summed E-state index contributed by atoms with van der Waals surface area (Å²) in [5.74, 6) is 0. The SMILES string of the molecule is CCCCCCc1ccc(I)cn1. The van der Waals surface area contributed by atoms with Crippen LogP contribution in [-0.4, -0.2) is 4.98 Å². The standard InChI is InChI=1S/C11H16IN/c1-2-3-4-5-6-11-8-7-10(12)9-13-11/h7-9H,2-6H2,1H3. The average Bonchev–Trinajstić information content (AvgIpc) is 2.15. The predicted molar refractivity (Wildman–Crippen MR) is 64.8 cm³/mol. The van der Waals surface area contributed by atoms with E-state index in [-0.39, 0.29) is 0 Å². The smallest absolute Gasteiger partial charge is 0.0404 e. The third-order valence-electron chi connectivity index (χ3n) is 2.08. The van der Waals surface area contributed by atoms with Crippen molar-refractivity contribution in [1.29, 1.82) is 0 Å². The number of rotatable bonds is 5. The number of nitrogens with zero attached hydrogens (tertiary/aromatic N) is 1. The molecule has 2 heteroatoms. The number of hydrogen-bond acceptors (Lipinski definition) is 1. The Bertz CT molecular complexity index is 230. The van der Waals surface area contributed by atoms with E-state index in [1.807, 2.05) is 6.20 Å². The summed E-state index contributed by atoms with van der Waals surface area (Å²) in [6.07, 6.45) is 8.35. The van der Waals surface area contributed by atoms with Gasteiger partial charge < -0.3 is 0 Å². The quantitative estimate of drug-likeness (QED) is 0.593. The summed E-state index contributed by atoms with van der Waals surface area (Å²) >= 11 is 2.29. The molecule has 1 rings (SSSR count). The molecule has 0 aliphatic rings. The number of halogens is 1. The summed E-state index contributed by atoms with van der Waals surface area (Å²) in [6.45, 7) is 2.24. The molecule has 0 aliphatic heterocycles. The number of hydrogen-bond donors (Lipinski definition) is 0. The summed E-state index contributed by atoms with van der Waals surface area (Å²) in [4.78, 5) is 4.37. The van der Waals surface area contributed by atoms with Crippen molar-refractivity contribution >= 4 is 22.6 Å². The van der Waals surface area contributed by atoms with Gasteiger partial charge in [-0.15, -0.1) is 0 Å². The third kappa shape index (κ3) is 4.60. The second kappa shape index (κ2) is 6.35. The van der Waals surface area contributed by atoms with Crippen LogP contribution < -0.4 is 0 Å². The van der Waals surface area contributed by atoms with Crippen molar-refractivity contribution in [1.82, 2.24) is 4.98 Å². The van der Waals surface area contributed by atoms with Crippen molar-refractivity contribution in [2.75, 3.05) is 0 Å². The molecule has 0 unspecified atom stereocenters. The second-order valence-corrected chi connectivity index (χ2v) is 4.52. The lowest BCUT2D eigenvalue weighted by atomic mass is 10.1. The van der Waals surface area contributed by atoms with Crippen molar-refractivity contribution in [3.05, 3.63) is 27.6 Å². The fraction of sp³-hybridized carbons (Fsp3) is 0.545. The minimum Gasteiger partial charge on any atom is -0.260 e. The minimum atomic E-state index is 1.14. The van der Waals surface area contributed by atoms with E-state index in [9.17, 15) is 0 Å². The number of aromatic nitrogens is 1. The first kappa shape index (κ1) is 11.0. The first-order valence-corrected chi connectivity index (χ1v) is 6.01. The van der Waals surface area contributed by atoms with Gasteiger partial charge >= 0.3 is 0 Å². The molecule has 1 nitrogen and oxygen atoms in total. The van der Waals surface area contributed by atoms with Crippen molar-refractivity contribution in [2.45, 2.75) is 39.0 Å². The van der Waals surface area contributed by atoms with Crippen molar-refractivity contribution < 1.29 is 0 Å². The Morgan fingerprint density at radius 1 is 1.23 bits per heavy atom. The van der Waals surface area contributed by atoms with Gasteiger partial charge in [-0.2, -0.15) is 0 Å². The van der Waals surface area contributed by atoms with E-state index in [1.165, 1.54) is 34.9 Å². The largest absolute Gasteiger partial charge is 0.260 e. The van der Waals surface area contributed by atoms with Crippen LogP contribution in [0.4, 0.5) is 0 Å². The highest BCUT2D eigenvalue weighted by Crippen LogP contribution is 2.07. The molecular formula is C11H16IN. The van der Waals surface area contributed by atoms with Crippen LogP contribution >= 0.6 is 22.6 Å². The van der Waals surface area contributed by atoms with Crippen molar-refractivity contribution in [3.8, 4) is 0 Å². The van der Waals surface area contributed by atoms with Crippen LogP contribution in [0.2, 0.25) is 0 Å². The Labute approximate surface area is 94.1 Å². The van der Waals surface area contributed by atoms with Crippen LogP contribution in [0.1, 0.15) is 38.3 Å². The van der Waals surface area contributed by atoms with Gasteiger partial charge in [0, 0.05) is 15.5 Å². The maximum absolute atomic E-state index is 4.37. The molecule has 0 N–H and O–H groups in total.